The van der Waals surface area contributed by atoms with Crippen molar-refractivity contribution < 1.29 is 4.39 Å². The predicted octanol–water partition coefficient (Wildman–Crippen LogP) is 2.98. The number of hydrogen-bond acceptors (Lipinski definition) is 3. The van der Waals surface area contributed by atoms with Gasteiger partial charge in [0.2, 0.25) is 0 Å². The van der Waals surface area contributed by atoms with E-state index in [0.717, 1.165) is 5.69 Å². The Hall–Kier alpha value is -2.10. The van der Waals surface area contributed by atoms with E-state index in [2.05, 4.69) is 10.3 Å². The smallest absolute Gasteiger partial charge is 0.125 e. The summed E-state index contributed by atoms with van der Waals surface area (Å²) in [7, 11) is 0. The molecule has 0 amide bonds. The summed E-state index contributed by atoms with van der Waals surface area (Å²) in [5.41, 5.74) is 7.76. The highest BCUT2D eigenvalue weighted by Gasteiger charge is 2.08. The minimum Gasteiger partial charge on any atom is -0.397 e. The molecular formula is C13H14FN3. The van der Waals surface area contributed by atoms with Crippen LogP contribution in [-0.2, 0) is 0 Å². The summed E-state index contributed by atoms with van der Waals surface area (Å²) in [5, 5.41) is 3.14. The van der Waals surface area contributed by atoms with Gasteiger partial charge in [0, 0.05) is 6.20 Å². The number of anilines is 2. The molecule has 3 N–H and O–H groups in total. The molecule has 0 saturated heterocycles. The van der Waals surface area contributed by atoms with E-state index in [9.17, 15) is 4.39 Å². The van der Waals surface area contributed by atoms with Crippen LogP contribution in [0.15, 0.2) is 42.6 Å². The number of pyridine rings is 1. The maximum Gasteiger partial charge on any atom is 0.125 e. The largest absolute Gasteiger partial charge is 0.397 e. The van der Waals surface area contributed by atoms with Gasteiger partial charge in [-0.1, -0.05) is 6.07 Å². The van der Waals surface area contributed by atoms with Gasteiger partial charge < -0.3 is 11.1 Å². The number of aromatic nitrogens is 1. The van der Waals surface area contributed by atoms with E-state index in [1.807, 2.05) is 25.1 Å². The molecule has 3 nitrogen and oxygen atoms in total. The third-order valence-corrected chi connectivity index (χ3v) is 2.52. The molecule has 2 aromatic rings. The summed E-state index contributed by atoms with van der Waals surface area (Å²) < 4.78 is 13.1. The molecule has 0 bridgehead atoms. The standard InChI is InChI=1S/C13H14FN3/c1-9(12-4-2-3-7-16-12)17-13-8-10(14)5-6-11(13)15/h2-9,17H,15H2,1H3. The first kappa shape index (κ1) is 11.4. The van der Waals surface area contributed by atoms with Crippen LogP contribution in [-0.4, -0.2) is 4.98 Å². The minimum absolute atomic E-state index is 0.0275. The van der Waals surface area contributed by atoms with Crippen LogP contribution in [0.4, 0.5) is 15.8 Å². The van der Waals surface area contributed by atoms with E-state index in [4.69, 9.17) is 5.73 Å². The second kappa shape index (κ2) is 4.82. The zero-order chi connectivity index (χ0) is 12.3. The van der Waals surface area contributed by atoms with Crippen molar-refractivity contribution in [3.8, 4) is 0 Å². The van der Waals surface area contributed by atoms with Crippen molar-refractivity contribution in [2.45, 2.75) is 13.0 Å². The fourth-order valence-electron chi connectivity index (χ4n) is 1.59. The molecule has 4 heteroatoms. The number of nitrogens with two attached hydrogens (primary N) is 1. The Bertz CT molecular complexity index is 499. The van der Waals surface area contributed by atoms with Gasteiger partial charge in [0.1, 0.15) is 5.82 Å². The third kappa shape index (κ3) is 2.72. The number of benzene rings is 1. The van der Waals surface area contributed by atoms with Crippen molar-refractivity contribution in [2.24, 2.45) is 0 Å². The quantitative estimate of drug-likeness (QED) is 0.798. The van der Waals surface area contributed by atoms with Crippen molar-refractivity contribution in [1.29, 1.82) is 0 Å². The molecule has 1 aromatic heterocycles. The Balaban J connectivity index is 2.18. The van der Waals surface area contributed by atoms with Crippen molar-refractivity contribution in [2.75, 3.05) is 11.1 Å². The van der Waals surface area contributed by atoms with Gasteiger partial charge in [-0.2, -0.15) is 0 Å². The van der Waals surface area contributed by atoms with Gasteiger partial charge in [-0.05, 0) is 37.3 Å². The Morgan fingerprint density at radius 3 is 2.82 bits per heavy atom. The third-order valence-electron chi connectivity index (χ3n) is 2.52. The Morgan fingerprint density at radius 2 is 2.12 bits per heavy atom. The summed E-state index contributed by atoms with van der Waals surface area (Å²) in [6.45, 7) is 1.95. The molecule has 0 aliphatic heterocycles. The van der Waals surface area contributed by atoms with E-state index in [-0.39, 0.29) is 11.9 Å². The van der Waals surface area contributed by atoms with E-state index in [1.165, 1.54) is 12.1 Å². The Morgan fingerprint density at radius 1 is 1.29 bits per heavy atom. The summed E-state index contributed by atoms with van der Waals surface area (Å²) in [6.07, 6.45) is 1.72. The van der Waals surface area contributed by atoms with Crippen LogP contribution in [0.25, 0.3) is 0 Å². The summed E-state index contributed by atoms with van der Waals surface area (Å²) in [5.74, 6) is -0.310. The van der Waals surface area contributed by atoms with Crippen molar-refractivity contribution >= 4 is 11.4 Å². The molecule has 1 aromatic carbocycles. The highest BCUT2D eigenvalue weighted by Crippen LogP contribution is 2.24. The predicted molar refractivity (Wildman–Crippen MR) is 67.1 cm³/mol. The lowest BCUT2D eigenvalue weighted by molar-refractivity contribution is 0.628. The monoisotopic (exact) mass is 231 g/mol. The van der Waals surface area contributed by atoms with Gasteiger partial charge in [-0.25, -0.2) is 4.39 Å². The minimum atomic E-state index is -0.310. The number of nitrogens with zero attached hydrogens (tertiary/aromatic N) is 1. The second-order valence-electron chi connectivity index (χ2n) is 3.85. The second-order valence-corrected chi connectivity index (χ2v) is 3.85. The maximum absolute atomic E-state index is 13.1. The molecule has 1 heterocycles. The van der Waals surface area contributed by atoms with Gasteiger partial charge in [0.25, 0.3) is 0 Å². The number of nitrogens with one attached hydrogen (secondary N) is 1. The first-order valence-electron chi connectivity index (χ1n) is 5.39. The highest BCUT2D eigenvalue weighted by atomic mass is 19.1. The molecule has 17 heavy (non-hydrogen) atoms. The molecular weight excluding hydrogens is 217 g/mol. The SMILES string of the molecule is CC(Nc1cc(F)ccc1N)c1ccccn1. The molecule has 2 rings (SSSR count). The lowest BCUT2D eigenvalue weighted by Gasteiger charge is -2.16. The molecule has 0 saturated carbocycles. The van der Waals surface area contributed by atoms with E-state index >= 15 is 0 Å². The van der Waals surface area contributed by atoms with Crippen LogP contribution in [0.2, 0.25) is 0 Å². The fourth-order valence-corrected chi connectivity index (χ4v) is 1.59. The summed E-state index contributed by atoms with van der Waals surface area (Å²) in [6, 6.07) is 9.92. The average molecular weight is 231 g/mol. The van der Waals surface area contributed by atoms with Crippen molar-refractivity contribution in [3.63, 3.8) is 0 Å². The first-order chi connectivity index (χ1) is 8.16. The molecule has 88 valence electrons. The number of nitrogen functional groups attached to an aromatic ring is 1. The molecule has 0 spiro atoms. The van der Waals surface area contributed by atoms with Gasteiger partial charge in [-0.3, -0.25) is 4.98 Å². The van der Waals surface area contributed by atoms with Gasteiger partial charge in [-0.15, -0.1) is 0 Å². The number of hydrogen-bond donors (Lipinski definition) is 2. The van der Waals surface area contributed by atoms with Crippen LogP contribution in [0, 0.1) is 5.82 Å². The highest BCUT2D eigenvalue weighted by molar-refractivity contribution is 5.66. The topological polar surface area (TPSA) is 50.9 Å². The van der Waals surface area contributed by atoms with E-state index in [0.29, 0.717) is 11.4 Å². The van der Waals surface area contributed by atoms with E-state index in [1.54, 1.807) is 12.3 Å². The molecule has 1 unspecified atom stereocenters. The van der Waals surface area contributed by atoms with E-state index < -0.39 is 0 Å². The lowest BCUT2D eigenvalue weighted by atomic mass is 10.2. The number of rotatable bonds is 3. The normalized spacial score (nSPS) is 12.1. The van der Waals surface area contributed by atoms with Crippen LogP contribution >= 0.6 is 0 Å². The number of halogens is 1. The molecule has 0 radical (unpaired) electrons. The zero-order valence-corrected chi connectivity index (χ0v) is 9.52. The van der Waals surface area contributed by atoms with Gasteiger partial charge in [0.15, 0.2) is 0 Å². The molecule has 0 aliphatic rings. The maximum atomic E-state index is 13.1. The Labute approximate surface area is 99.5 Å². The van der Waals surface area contributed by atoms with Gasteiger partial charge >= 0.3 is 0 Å². The summed E-state index contributed by atoms with van der Waals surface area (Å²) in [4.78, 5) is 4.23. The molecule has 0 aliphatic carbocycles. The first-order valence-corrected chi connectivity index (χ1v) is 5.39. The Kier molecular flexibility index (Phi) is 3.23. The molecule has 1 atom stereocenters. The van der Waals surface area contributed by atoms with Crippen molar-refractivity contribution in [1.82, 2.24) is 4.98 Å². The van der Waals surface area contributed by atoms with Crippen LogP contribution in [0.3, 0.4) is 0 Å². The van der Waals surface area contributed by atoms with Crippen LogP contribution < -0.4 is 11.1 Å². The fraction of sp³-hybridized carbons (Fsp3) is 0.154. The average Bonchev–Trinajstić information content (AvgIpc) is 2.35. The summed E-state index contributed by atoms with van der Waals surface area (Å²) >= 11 is 0. The lowest BCUT2D eigenvalue weighted by Crippen LogP contribution is -2.09. The molecule has 0 fully saturated rings. The zero-order valence-electron chi connectivity index (χ0n) is 9.52. The van der Waals surface area contributed by atoms with Crippen LogP contribution in [0.1, 0.15) is 18.7 Å². The van der Waals surface area contributed by atoms with Gasteiger partial charge in [0.05, 0.1) is 23.1 Å². The van der Waals surface area contributed by atoms with Crippen LogP contribution in [0.5, 0.6) is 0 Å². The van der Waals surface area contributed by atoms with Crippen molar-refractivity contribution in [3.05, 3.63) is 54.1 Å².